The van der Waals surface area contributed by atoms with E-state index in [1.165, 1.54) is 0 Å². The number of amides is 1. The maximum atomic E-state index is 13.4. The second-order valence-electron chi connectivity index (χ2n) is 9.21. The van der Waals surface area contributed by atoms with Crippen molar-refractivity contribution in [1.82, 2.24) is 14.5 Å². The number of piperidine rings is 1. The summed E-state index contributed by atoms with van der Waals surface area (Å²) in [6, 6.07) is 6.34. The van der Waals surface area contributed by atoms with Crippen molar-refractivity contribution < 1.29 is 14.3 Å². The molecule has 5 rings (SSSR count). The number of likely N-dealkylation sites (tertiary alicyclic amines) is 1. The van der Waals surface area contributed by atoms with Crippen LogP contribution in [-0.4, -0.2) is 47.2 Å². The fourth-order valence-electron chi connectivity index (χ4n) is 5.43. The van der Waals surface area contributed by atoms with Crippen molar-refractivity contribution in [3.8, 4) is 11.4 Å². The largest absolute Gasteiger partial charge is 0.497 e. The van der Waals surface area contributed by atoms with Crippen LogP contribution in [0.3, 0.4) is 0 Å². The van der Waals surface area contributed by atoms with Gasteiger partial charge >= 0.3 is 0 Å². The highest BCUT2D eigenvalue weighted by Gasteiger charge is 2.39. The molecule has 2 aliphatic carbocycles. The number of carbonyl (C=O) groups is 1. The van der Waals surface area contributed by atoms with Gasteiger partial charge in [-0.25, -0.2) is 4.98 Å². The minimum atomic E-state index is 0.179. The molecule has 3 aliphatic rings. The third-order valence-corrected chi connectivity index (χ3v) is 7.12. The molecule has 33 heavy (non-hydrogen) atoms. The van der Waals surface area contributed by atoms with E-state index in [0.717, 1.165) is 66.3 Å². The van der Waals surface area contributed by atoms with Gasteiger partial charge in [0.05, 0.1) is 31.9 Å². The zero-order valence-electron chi connectivity index (χ0n) is 19.5. The Morgan fingerprint density at radius 2 is 2.00 bits per heavy atom. The maximum Gasteiger partial charge on any atom is 0.250 e. The van der Waals surface area contributed by atoms with E-state index in [1.54, 1.807) is 20.5 Å². The minimum Gasteiger partial charge on any atom is -0.497 e. The SMILES string of the molecule is COC1=CC2C[C@H](N3CCC/C(=C\c4ccc(-n5cnc(C)c5)c(OC)c4)C3=O)CC2C=C1. The number of ether oxygens (including phenoxy) is 2. The number of rotatable bonds is 5. The van der Waals surface area contributed by atoms with Crippen LogP contribution in [-0.2, 0) is 9.53 Å². The van der Waals surface area contributed by atoms with Gasteiger partial charge in [0.2, 0.25) is 5.91 Å². The van der Waals surface area contributed by atoms with Crippen LogP contribution in [0.4, 0.5) is 0 Å². The van der Waals surface area contributed by atoms with Crippen molar-refractivity contribution in [2.45, 2.75) is 38.6 Å². The predicted molar refractivity (Wildman–Crippen MR) is 128 cm³/mol. The number of carbonyl (C=O) groups excluding carboxylic acids is 1. The molecule has 0 N–H and O–H groups in total. The molecule has 0 spiro atoms. The molecule has 1 aromatic heterocycles. The number of methoxy groups -OCH3 is 2. The summed E-state index contributed by atoms with van der Waals surface area (Å²) in [6.07, 6.45) is 16.2. The molecule has 1 saturated carbocycles. The first-order valence-corrected chi connectivity index (χ1v) is 11.7. The summed E-state index contributed by atoms with van der Waals surface area (Å²) in [4.78, 5) is 19.9. The number of hydrogen-bond acceptors (Lipinski definition) is 4. The molecule has 2 fully saturated rings. The summed E-state index contributed by atoms with van der Waals surface area (Å²) in [5, 5.41) is 0. The average Bonchev–Trinajstić information content (AvgIpc) is 3.45. The van der Waals surface area contributed by atoms with Crippen LogP contribution in [0.15, 0.2) is 60.3 Å². The van der Waals surface area contributed by atoms with E-state index in [0.29, 0.717) is 11.8 Å². The molecule has 0 bridgehead atoms. The zero-order valence-corrected chi connectivity index (χ0v) is 19.5. The summed E-state index contributed by atoms with van der Waals surface area (Å²) < 4.78 is 13.0. The number of fused-ring (bicyclic) bond motifs is 1. The maximum absolute atomic E-state index is 13.4. The summed E-state index contributed by atoms with van der Waals surface area (Å²) >= 11 is 0. The number of hydrogen-bond donors (Lipinski definition) is 0. The van der Waals surface area contributed by atoms with Crippen LogP contribution in [0.1, 0.15) is 36.9 Å². The lowest BCUT2D eigenvalue weighted by atomic mass is 9.91. The number of allylic oxidation sites excluding steroid dienone is 3. The van der Waals surface area contributed by atoms with Crippen molar-refractivity contribution in [2.75, 3.05) is 20.8 Å². The van der Waals surface area contributed by atoms with Crippen molar-refractivity contribution in [3.05, 3.63) is 71.5 Å². The molecule has 6 heteroatoms. The van der Waals surface area contributed by atoms with Gasteiger partial charge in [0.15, 0.2) is 0 Å². The Morgan fingerprint density at radius 3 is 2.76 bits per heavy atom. The van der Waals surface area contributed by atoms with E-state index in [2.05, 4.69) is 28.1 Å². The van der Waals surface area contributed by atoms with Crippen LogP contribution in [0, 0.1) is 18.8 Å². The van der Waals surface area contributed by atoms with Gasteiger partial charge in [0, 0.05) is 24.4 Å². The molecule has 0 radical (unpaired) electrons. The number of aryl methyl sites for hydroxylation is 1. The number of aromatic nitrogens is 2. The molecule has 2 aromatic rings. The molecule has 2 heterocycles. The molecule has 3 atom stereocenters. The molecular formula is C27H31N3O3. The minimum absolute atomic E-state index is 0.179. The Labute approximate surface area is 195 Å². The van der Waals surface area contributed by atoms with Gasteiger partial charge in [0.1, 0.15) is 11.5 Å². The van der Waals surface area contributed by atoms with Crippen molar-refractivity contribution in [3.63, 3.8) is 0 Å². The second kappa shape index (κ2) is 8.93. The van der Waals surface area contributed by atoms with Crippen LogP contribution < -0.4 is 4.74 Å². The molecule has 1 saturated heterocycles. The van der Waals surface area contributed by atoms with Gasteiger partial charge < -0.3 is 18.9 Å². The summed E-state index contributed by atoms with van der Waals surface area (Å²) in [5.74, 6) is 2.83. The highest BCUT2D eigenvalue weighted by Crippen LogP contribution is 2.41. The molecule has 1 amide bonds. The Bertz CT molecular complexity index is 1140. The van der Waals surface area contributed by atoms with Crippen molar-refractivity contribution >= 4 is 12.0 Å². The highest BCUT2D eigenvalue weighted by atomic mass is 16.5. The average molecular weight is 446 g/mol. The van der Waals surface area contributed by atoms with Crippen LogP contribution in [0.5, 0.6) is 5.75 Å². The van der Waals surface area contributed by atoms with Gasteiger partial charge in [-0.05, 0) is 80.4 Å². The smallest absolute Gasteiger partial charge is 0.250 e. The number of benzene rings is 1. The first kappa shape index (κ1) is 21.6. The Morgan fingerprint density at radius 1 is 1.15 bits per heavy atom. The van der Waals surface area contributed by atoms with E-state index in [4.69, 9.17) is 9.47 Å². The van der Waals surface area contributed by atoms with Gasteiger partial charge in [-0.1, -0.05) is 12.1 Å². The topological polar surface area (TPSA) is 56.6 Å². The highest BCUT2D eigenvalue weighted by molar-refractivity contribution is 5.98. The lowest BCUT2D eigenvalue weighted by Crippen LogP contribution is -2.43. The quantitative estimate of drug-likeness (QED) is 0.627. The van der Waals surface area contributed by atoms with Gasteiger partial charge in [-0.15, -0.1) is 0 Å². The predicted octanol–water partition coefficient (Wildman–Crippen LogP) is 4.69. The number of imidazole rings is 1. The van der Waals surface area contributed by atoms with Gasteiger partial charge in [-0.3, -0.25) is 4.79 Å². The fourth-order valence-corrected chi connectivity index (χ4v) is 5.43. The lowest BCUT2D eigenvalue weighted by molar-refractivity contribution is -0.130. The lowest BCUT2D eigenvalue weighted by Gasteiger charge is -2.34. The molecular weight excluding hydrogens is 414 g/mol. The van der Waals surface area contributed by atoms with Crippen molar-refractivity contribution in [1.29, 1.82) is 0 Å². The molecule has 6 nitrogen and oxygen atoms in total. The molecule has 172 valence electrons. The van der Waals surface area contributed by atoms with E-state index in [1.807, 2.05) is 42.0 Å². The zero-order chi connectivity index (χ0) is 22.9. The monoisotopic (exact) mass is 445 g/mol. The van der Waals surface area contributed by atoms with Gasteiger partial charge in [0.25, 0.3) is 0 Å². The van der Waals surface area contributed by atoms with E-state index >= 15 is 0 Å². The van der Waals surface area contributed by atoms with Gasteiger partial charge in [-0.2, -0.15) is 0 Å². The fraction of sp³-hybridized carbons (Fsp3) is 0.407. The Hall–Kier alpha value is -3.28. The van der Waals surface area contributed by atoms with Crippen molar-refractivity contribution in [2.24, 2.45) is 11.8 Å². The van der Waals surface area contributed by atoms with E-state index in [9.17, 15) is 4.79 Å². The van der Waals surface area contributed by atoms with Crippen LogP contribution in [0.25, 0.3) is 11.8 Å². The van der Waals surface area contributed by atoms with Crippen LogP contribution in [0.2, 0.25) is 0 Å². The summed E-state index contributed by atoms with van der Waals surface area (Å²) in [5.41, 5.74) is 3.75. The normalized spacial score (nSPS) is 25.8. The second-order valence-corrected chi connectivity index (χ2v) is 9.21. The third-order valence-electron chi connectivity index (χ3n) is 7.12. The van der Waals surface area contributed by atoms with E-state index < -0.39 is 0 Å². The van der Waals surface area contributed by atoms with Crippen LogP contribution >= 0.6 is 0 Å². The first-order chi connectivity index (χ1) is 16.1. The summed E-state index contributed by atoms with van der Waals surface area (Å²) in [6.45, 7) is 2.80. The molecule has 2 unspecified atom stereocenters. The molecule has 1 aromatic carbocycles. The first-order valence-electron chi connectivity index (χ1n) is 11.7. The van der Waals surface area contributed by atoms with E-state index in [-0.39, 0.29) is 11.9 Å². The Kier molecular flexibility index (Phi) is 5.83. The summed E-state index contributed by atoms with van der Waals surface area (Å²) in [7, 11) is 3.39. The standard InChI is InChI=1S/C27H31N3O3/c1-18-16-29(17-28-18)25-9-6-19(12-26(25)33-3)11-21-5-4-10-30(27(21)31)23-13-20-7-8-24(32-2)15-22(20)14-23/h6-9,11-12,15-17,20,22-23H,4-5,10,13-14H2,1-3H3/b21-11+/t20?,22?,23-/m1/s1. The molecule has 1 aliphatic heterocycles. The third kappa shape index (κ3) is 4.22. The Balaban J connectivity index is 1.35. The number of nitrogens with zero attached hydrogens (tertiary/aromatic N) is 3.